The highest BCUT2D eigenvalue weighted by Crippen LogP contribution is 2.14. The molecule has 138 valence electrons. The maximum absolute atomic E-state index is 12.0. The van der Waals surface area contributed by atoms with E-state index < -0.39 is 0 Å². The molecule has 1 aromatic rings. The molecule has 0 radical (unpaired) electrons. The molecule has 0 unspecified atom stereocenters. The molecule has 0 atom stereocenters. The molecule has 0 saturated carbocycles. The molecule has 6 nitrogen and oxygen atoms in total. The second kappa shape index (κ2) is 9.42. The number of ether oxygens (including phenoxy) is 1. The lowest BCUT2D eigenvalue weighted by Crippen LogP contribution is -2.45. The average molecular weight is 347 g/mol. The standard InChI is InChI=1S/C19H29N3O3/c1-4-25-19(24)22-11-8-16(9-12-22)20-10-7-18(23)21-17-6-5-14(2)15(3)13-17/h5-6,13,16,20H,4,7-12H2,1-3H3,(H,21,23). The van der Waals surface area contributed by atoms with Gasteiger partial charge in [-0.3, -0.25) is 4.79 Å². The van der Waals surface area contributed by atoms with E-state index in [1.807, 2.05) is 32.0 Å². The zero-order chi connectivity index (χ0) is 18.2. The largest absolute Gasteiger partial charge is 0.450 e. The minimum Gasteiger partial charge on any atom is -0.450 e. The lowest BCUT2D eigenvalue weighted by atomic mass is 10.1. The van der Waals surface area contributed by atoms with Gasteiger partial charge in [-0.2, -0.15) is 0 Å². The van der Waals surface area contributed by atoms with Crippen LogP contribution in [-0.4, -0.2) is 49.2 Å². The molecule has 1 saturated heterocycles. The van der Waals surface area contributed by atoms with Gasteiger partial charge in [0.2, 0.25) is 5.91 Å². The number of nitrogens with one attached hydrogen (secondary N) is 2. The SMILES string of the molecule is CCOC(=O)N1CCC(NCCC(=O)Nc2ccc(C)c(C)c2)CC1. The molecule has 1 heterocycles. The van der Waals surface area contributed by atoms with Crippen molar-refractivity contribution < 1.29 is 14.3 Å². The number of aryl methyl sites for hydroxylation is 2. The molecular formula is C19H29N3O3. The molecule has 2 N–H and O–H groups in total. The van der Waals surface area contributed by atoms with Gasteiger partial charge in [0, 0.05) is 37.8 Å². The van der Waals surface area contributed by atoms with Crippen LogP contribution in [0.1, 0.15) is 37.3 Å². The van der Waals surface area contributed by atoms with Crippen LogP contribution in [-0.2, 0) is 9.53 Å². The highest BCUT2D eigenvalue weighted by molar-refractivity contribution is 5.90. The number of anilines is 1. The van der Waals surface area contributed by atoms with E-state index in [-0.39, 0.29) is 12.0 Å². The Bertz CT molecular complexity index is 596. The van der Waals surface area contributed by atoms with E-state index in [2.05, 4.69) is 17.6 Å². The Morgan fingerprint density at radius 2 is 1.92 bits per heavy atom. The molecular weight excluding hydrogens is 318 g/mol. The van der Waals surface area contributed by atoms with Gasteiger partial charge in [-0.25, -0.2) is 4.79 Å². The first-order valence-electron chi connectivity index (χ1n) is 9.01. The van der Waals surface area contributed by atoms with Crippen molar-refractivity contribution in [1.29, 1.82) is 0 Å². The Morgan fingerprint density at radius 3 is 2.56 bits per heavy atom. The van der Waals surface area contributed by atoms with Gasteiger partial charge < -0.3 is 20.3 Å². The van der Waals surface area contributed by atoms with Crippen molar-refractivity contribution in [1.82, 2.24) is 10.2 Å². The number of benzene rings is 1. The zero-order valence-corrected chi connectivity index (χ0v) is 15.4. The highest BCUT2D eigenvalue weighted by atomic mass is 16.6. The molecule has 6 heteroatoms. The Kier molecular flexibility index (Phi) is 7.25. The van der Waals surface area contributed by atoms with E-state index in [1.165, 1.54) is 11.1 Å². The molecule has 1 aliphatic rings. The van der Waals surface area contributed by atoms with Crippen LogP contribution in [0.25, 0.3) is 0 Å². The van der Waals surface area contributed by atoms with Gasteiger partial charge in [-0.05, 0) is 56.9 Å². The van der Waals surface area contributed by atoms with Gasteiger partial charge in [-0.1, -0.05) is 6.07 Å². The molecule has 1 aliphatic heterocycles. The van der Waals surface area contributed by atoms with Crippen LogP contribution in [0.4, 0.5) is 10.5 Å². The molecule has 0 bridgehead atoms. The van der Waals surface area contributed by atoms with Crippen molar-refractivity contribution in [2.45, 2.75) is 46.1 Å². The summed E-state index contributed by atoms with van der Waals surface area (Å²) in [5.74, 6) is 0.0136. The normalized spacial score (nSPS) is 15.1. The third kappa shape index (κ3) is 6.05. The monoisotopic (exact) mass is 347 g/mol. The van der Waals surface area contributed by atoms with Gasteiger partial charge >= 0.3 is 6.09 Å². The number of hydrogen-bond donors (Lipinski definition) is 2. The third-order valence-corrected chi connectivity index (χ3v) is 4.60. The Labute approximate surface area is 149 Å². The molecule has 0 spiro atoms. The van der Waals surface area contributed by atoms with Crippen LogP contribution in [0, 0.1) is 13.8 Å². The highest BCUT2D eigenvalue weighted by Gasteiger charge is 2.23. The lowest BCUT2D eigenvalue weighted by Gasteiger charge is -2.31. The number of hydrogen-bond acceptors (Lipinski definition) is 4. The Hall–Kier alpha value is -2.08. The van der Waals surface area contributed by atoms with E-state index in [0.717, 1.165) is 18.5 Å². The summed E-state index contributed by atoms with van der Waals surface area (Å²) in [6, 6.07) is 6.28. The van der Waals surface area contributed by atoms with E-state index in [4.69, 9.17) is 4.74 Å². The van der Waals surface area contributed by atoms with Gasteiger partial charge in [0.15, 0.2) is 0 Å². The van der Waals surface area contributed by atoms with Crippen LogP contribution < -0.4 is 10.6 Å². The molecule has 1 fully saturated rings. The van der Waals surface area contributed by atoms with E-state index in [1.54, 1.807) is 4.90 Å². The molecule has 0 aromatic heterocycles. The molecule has 25 heavy (non-hydrogen) atoms. The Balaban J connectivity index is 1.65. The van der Waals surface area contributed by atoms with Crippen molar-refractivity contribution in [2.75, 3.05) is 31.6 Å². The fourth-order valence-corrected chi connectivity index (χ4v) is 2.91. The first-order valence-corrected chi connectivity index (χ1v) is 9.01. The number of rotatable bonds is 6. The van der Waals surface area contributed by atoms with Gasteiger partial charge in [0.1, 0.15) is 0 Å². The van der Waals surface area contributed by atoms with E-state index >= 15 is 0 Å². The maximum Gasteiger partial charge on any atom is 0.409 e. The Morgan fingerprint density at radius 1 is 1.20 bits per heavy atom. The smallest absolute Gasteiger partial charge is 0.409 e. The minimum absolute atomic E-state index is 0.0136. The van der Waals surface area contributed by atoms with Gasteiger partial charge in [0.05, 0.1) is 6.61 Å². The van der Waals surface area contributed by atoms with E-state index in [9.17, 15) is 9.59 Å². The minimum atomic E-state index is -0.228. The number of carbonyl (C=O) groups is 2. The van der Waals surface area contributed by atoms with Gasteiger partial charge in [-0.15, -0.1) is 0 Å². The topological polar surface area (TPSA) is 70.7 Å². The summed E-state index contributed by atoms with van der Waals surface area (Å²) in [7, 11) is 0. The van der Waals surface area contributed by atoms with Crippen LogP contribution in [0.15, 0.2) is 18.2 Å². The number of carbonyl (C=O) groups excluding carboxylic acids is 2. The van der Waals surface area contributed by atoms with Crippen molar-refractivity contribution in [3.8, 4) is 0 Å². The van der Waals surface area contributed by atoms with Crippen molar-refractivity contribution in [3.63, 3.8) is 0 Å². The number of nitrogens with zero attached hydrogens (tertiary/aromatic N) is 1. The molecule has 1 aromatic carbocycles. The third-order valence-electron chi connectivity index (χ3n) is 4.60. The van der Waals surface area contributed by atoms with Crippen LogP contribution >= 0.6 is 0 Å². The molecule has 2 amide bonds. The van der Waals surface area contributed by atoms with Crippen LogP contribution in [0.5, 0.6) is 0 Å². The fourth-order valence-electron chi connectivity index (χ4n) is 2.91. The zero-order valence-electron chi connectivity index (χ0n) is 15.4. The average Bonchev–Trinajstić information content (AvgIpc) is 2.59. The summed E-state index contributed by atoms with van der Waals surface area (Å²) in [6.07, 6.45) is 1.98. The summed E-state index contributed by atoms with van der Waals surface area (Å²) in [4.78, 5) is 25.4. The fraction of sp³-hybridized carbons (Fsp3) is 0.579. The van der Waals surface area contributed by atoms with Crippen molar-refractivity contribution >= 4 is 17.7 Å². The van der Waals surface area contributed by atoms with Crippen LogP contribution in [0.3, 0.4) is 0 Å². The summed E-state index contributed by atoms with van der Waals surface area (Å²) in [5, 5.41) is 6.35. The first kappa shape index (κ1) is 19.2. The maximum atomic E-state index is 12.0. The predicted molar refractivity (Wildman–Crippen MR) is 98.8 cm³/mol. The first-order chi connectivity index (χ1) is 12.0. The number of piperidine rings is 1. The second-order valence-corrected chi connectivity index (χ2v) is 6.51. The van der Waals surface area contributed by atoms with Crippen molar-refractivity contribution in [2.24, 2.45) is 0 Å². The molecule has 2 rings (SSSR count). The quantitative estimate of drug-likeness (QED) is 0.830. The van der Waals surface area contributed by atoms with Gasteiger partial charge in [0.25, 0.3) is 0 Å². The second-order valence-electron chi connectivity index (χ2n) is 6.51. The summed E-state index contributed by atoms with van der Waals surface area (Å²) in [5.41, 5.74) is 3.23. The van der Waals surface area contributed by atoms with Crippen LogP contribution in [0.2, 0.25) is 0 Å². The van der Waals surface area contributed by atoms with Crippen molar-refractivity contribution in [3.05, 3.63) is 29.3 Å². The predicted octanol–water partition coefficient (Wildman–Crippen LogP) is 2.84. The summed E-state index contributed by atoms with van der Waals surface area (Å²) in [6.45, 7) is 8.35. The summed E-state index contributed by atoms with van der Waals surface area (Å²) >= 11 is 0. The summed E-state index contributed by atoms with van der Waals surface area (Å²) < 4.78 is 5.02. The lowest BCUT2D eigenvalue weighted by molar-refractivity contribution is -0.116. The number of amides is 2. The number of likely N-dealkylation sites (tertiary alicyclic amines) is 1. The van der Waals surface area contributed by atoms with E-state index in [0.29, 0.717) is 38.7 Å². The molecule has 0 aliphatic carbocycles.